The third-order valence-electron chi connectivity index (χ3n) is 1.85. The van der Waals surface area contributed by atoms with Crippen LogP contribution >= 0.6 is 24.0 Å². The van der Waals surface area contributed by atoms with Crippen LogP contribution < -0.4 is 0 Å². The fraction of sp³-hybridized carbons (Fsp3) is 1.00. The predicted molar refractivity (Wildman–Crippen MR) is 49.6 cm³/mol. The SMILES string of the molecule is Cl.OC(CCl)CN1CCCC1. The van der Waals surface area contributed by atoms with Gasteiger partial charge in [-0.2, -0.15) is 0 Å². The summed E-state index contributed by atoms with van der Waals surface area (Å²) in [4.78, 5) is 2.26. The Morgan fingerprint density at radius 2 is 1.91 bits per heavy atom. The van der Waals surface area contributed by atoms with Gasteiger partial charge in [0, 0.05) is 12.4 Å². The van der Waals surface area contributed by atoms with Gasteiger partial charge in [-0.3, -0.25) is 0 Å². The molecular formula is C7H15Cl2NO. The minimum absolute atomic E-state index is 0. The highest BCUT2D eigenvalue weighted by atomic mass is 35.5. The van der Waals surface area contributed by atoms with E-state index in [1.807, 2.05) is 0 Å². The van der Waals surface area contributed by atoms with Gasteiger partial charge < -0.3 is 10.0 Å². The Morgan fingerprint density at radius 3 is 2.36 bits per heavy atom. The van der Waals surface area contributed by atoms with E-state index >= 15 is 0 Å². The molecule has 0 aromatic carbocycles. The first-order valence-corrected chi connectivity index (χ1v) is 4.33. The molecule has 0 aromatic rings. The van der Waals surface area contributed by atoms with Crippen molar-refractivity contribution in [3.8, 4) is 0 Å². The highest BCUT2D eigenvalue weighted by Crippen LogP contribution is 2.07. The second kappa shape index (κ2) is 6.06. The largest absolute Gasteiger partial charge is 0.391 e. The molecule has 0 bridgehead atoms. The van der Waals surface area contributed by atoms with Gasteiger partial charge in [-0.25, -0.2) is 0 Å². The smallest absolute Gasteiger partial charge is 0.0802 e. The van der Waals surface area contributed by atoms with Gasteiger partial charge in [0.15, 0.2) is 0 Å². The zero-order valence-electron chi connectivity index (χ0n) is 6.50. The lowest BCUT2D eigenvalue weighted by molar-refractivity contribution is 0.143. The molecular weight excluding hydrogens is 185 g/mol. The summed E-state index contributed by atoms with van der Waals surface area (Å²) in [5.74, 6) is 0.358. The van der Waals surface area contributed by atoms with Crippen LogP contribution in [-0.2, 0) is 0 Å². The van der Waals surface area contributed by atoms with E-state index in [4.69, 9.17) is 16.7 Å². The summed E-state index contributed by atoms with van der Waals surface area (Å²) in [5, 5.41) is 9.14. The maximum absolute atomic E-state index is 9.14. The molecule has 1 heterocycles. The van der Waals surface area contributed by atoms with Crippen LogP contribution in [0.2, 0.25) is 0 Å². The van der Waals surface area contributed by atoms with Crippen molar-refractivity contribution >= 4 is 24.0 Å². The molecule has 1 N–H and O–H groups in total. The number of rotatable bonds is 3. The number of alkyl halides is 1. The molecule has 1 atom stereocenters. The zero-order chi connectivity index (χ0) is 7.40. The Bertz CT molecular complexity index is 96.4. The quantitative estimate of drug-likeness (QED) is 0.689. The molecule has 1 aliphatic rings. The van der Waals surface area contributed by atoms with Gasteiger partial charge in [-0.1, -0.05) is 0 Å². The molecule has 1 fully saturated rings. The van der Waals surface area contributed by atoms with Crippen molar-refractivity contribution in [2.75, 3.05) is 25.5 Å². The Morgan fingerprint density at radius 1 is 1.36 bits per heavy atom. The topological polar surface area (TPSA) is 23.5 Å². The standard InChI is InChI=1S/C7H14ClNO.ClH/c8-5-7(10)6-9-3-1-2-4-9;/h7,10H,1-6H2;1H. The summed E-state index contributed by atoms with van der Waals surface area (Å²) < 4.78 is 0. The van der Waals surface area contributed by atoms with Gasteiger partial charge in [0.25, 0.3) is 0 Å². The van der Waals surface area contributed by atoms with Crippen LogP contribution in [0.4, 0.5) is 0 Å². The summed E-state index contributed by atoms with van der Waals surface area (Å²) in [7, 11) is 0. The van der Waals surface area contributed by atoms with Crippen molar-refractivity contribution in [1.82, 2.24) is 4.90 Å². The summed E-state index contributed by atoms with van der Waals surface area (Å²) in [6.07, 6.45) is 2.21. The molecule has 1 unspecified atom stereocenters. The average molecular weight is 200 g/mol. The molecule has 1 rings (SSSR count). The van der Waals surface area contributed by atoms with E-state index in [0.717, 1.165) is 19.6 Å². The molecule has 2 nitrogen and oxygen atoms in total. The van der Waals surface area contributed by atoms with Crippen LogP contribution in [0.3, 0.4) is 0 Å². The minimum atomic E-state index is -0.334. The van der Waals surface area contributed by atoms with Crippen molar-refractivity contribution < 1.29 is 5.11 Å². The van der Waals surface area contributed by atoms with Gasteiger partial charge >= 0.3 is 0 Å². The number of β-amino-alcohol motifs (C(OH)–C–C–N with tert-alkyl or cyclic N) is 1. The van der Waals surface area contributed by atoms with Crippen molar-refractivity contribution in [2.24, 2.45) is 0 Å². The highest BCUT2D eigenvalue weighted by Gasteiger charge is 2.14. The van der Waals surface area contributed by atoms with Crippen LogP contribution in [0, 0.1) is 0 Å². The molecule has 0 radical (unpaired) electrons. The number of halogens is 2. The molecule has 0 aliphatic carbocycles. The molecule has 0 spiro atoms. The number of hydrogen-bond acceptors (Lipinski definition) is 2. The van der Waals surface area contributed by atoms with Crippen molar-refractivity contribution in [3.63, 3.8) is 0 Å². The monoisotopic (exact) mass is 199 g/mol. The molecule has 1 aliphatic heterocycles. The maximum Gasteiger partial charge on any atom is 0.0802 e. The third-order valence-corrected chi connectivity index (χ3v) is 2.20. The van der Waals surface area contributed by atoms with E-state index in [1.54, 1.807) is 0 Å². The third kappa shape index (κ3) is 4.16. The van der Waals surface area contributed by atoms with Crippen LogP contribution in [-0.4, -0.2) is 41.6 Å². The number of nitrogens with zero attached hydrogens (tertiary/aromatic N) is 1. The number of aliphatic hydroxyl groups excluding tert-OH is 1. The molecule has 0 aromatic heterocycles. The van der Waals surface area contributed by atoms with E-state index in [0.29, 0.717) is 5.88 Å². The van der Waals surface area contributed by atoms with Crippen LogP contribution in [0.1, 0.15) is 12.8 Å². The minimum Gasteiger partial charge on any atom is -0.391 e. The van der Waals surface area contributed by atoms with Crippen LogP contribution in [0.25, 0.3) is 0 Å². The lowest BCUT2D eigenvalue weighted by Gasteiger charge is -2.16. The Kier molecular flexibility index (Phi) is 6.34. The van der Waals surface area contributed by atoms with E-state index in [1.165, 1.54) is 12.8 Å². The summed E-state index contributed by atoms with van der Waals surface area (Å²) in [5.41, 5.74) is 0. The Hall–Kier alpha value is 0.500. The van der Waals surface area contributed by atoms with Crippen molar-refractivity contribution in [3.05, 3.63) is 0 Å². The van der Waals surface area contributed by atoms with Gasteiger partial charge in [0.1, 0.15) is 0 Å². The Balaban J connectivity index is 0.000001000. The maximum atomic E-state index is 9.14. The lowest BCUT2D eigenvalue weighted by atomic mass is 10.4. The number of likely N-dealkylation sites (tertiary alicyclic amines) is 1. The van der Waals surface area contributed by atoms with E-state index in [9.17, 15) is 0 Å². The van der Waals surface area contributed by atoms with E-state index < -0.39 is 0 Å². The summed E-state index contributed by atoms with van der Waals surface area (Å²) in [6.45, 7) is 3.02. The molecule has 11 heavy (non-hydrogen) atoms. The first-order valence-electron chi connectivity index (χ1n) is 3.79. The van der Waals surface area contributed by atoms with Gasteiger partial charge in [0.2, 0.25) is 0 Å². The van der Waals surface area contributed by atoms with Crippen molar-refractivity contribution in [1.29, 1.82) is 0 Å². The van der Waals surface area contributed by atoms with E-state index in [2.05, 4.69) is 4.90 Å². The second-order valence-corrected chi connectivity index (χ2v) is 3.12. The molecule has 68 valence electrons. The normalized spacial score (nSPS) is 21.3. The molecule has 1 saturated heterocycles. The number of aliphatic hydroxyl groups is 1. The second-order valence-electron chi connectivity index (χ2n) is 2.82. The van der Waals surface area contributed by atoms with Gasteiger partial charge in [-0.15, -0.1) is 24.0 Å². The fourth-order valence-corrected chi connectivity index (χ4v) is 1.41. The summed E-state index contributed by atoms with van der Waals surface area (Å²) >= 11 is 5.45. The van der Waals surface area contributed by atoms with Gasteiger partial charge in [0.05, 0.1) is 6.10 Å². The van der Waals surface area contributed by atoms with Crippen LogP contribution in [0.15, 0.2) is 0 Å². The summed E-state index contributed by atoms with van der Waals surface area (Å²) in [6, 6.07) is 0. The first kappa shape index (κ1) is 11.5. The number of hydrogen-bond donors (Lipinski definition) is 1. The fourth-order valence-electron chi connectivity index (χ4n) is 1.31. The van der Waals surface area contributed by atoms with Crippen molar-refractivity contribution in [2.45, 2.75) is 18.9 Å². The predicted octanol–water partition coefficient (Wildman–Crippen LogP) is 1.10. The first-order chi connectivity index (χ1) is 4.83. The molecule has 0 amide bonds. The van der Waals surface area contributed by atoms with Gasteiger partial charge in [-0.05, 0) is 25.9 Å². The average Bonchev–Trinajstić information content (AvgIpc) is 2.40. The highest BCUT2D eigenvalue weighted by molar-refractivity contribution is 6.18. The zero-order valence-corrected chi connectivity index (χ0v) is 8.07. The van der Waals surface area contributed by atoms with Crippen LogP contribution in [0.5, 0.6) is 0 Å². The Labute approximate surface area is 78.9 Å². The molecule has 4 heteroatoms. The molecule has 0 saturated carbocycles. The lowest BCUT2D eigenvalue weighted by Crippen LogP contribution is -2.30. The van der Waals surface area contributed by atoms with E-state index in [-0.39, 0.29) is 18.5 Å².